The molecule has 2 aromatic carbocycles. The molecule has 0 aliphatic heterocycles. The smallest absolute Gasteiger partial charge is 0.311 e. The molecule has 0 aliphatic carbocycles. The number of aryl methyl sites for hydroxylation is 1. The molecule has 0 saturated heterocycles. The first-order valence-corrected chi connectivity index (χ1v) is 8.19. The molecular weight excluding hydrogens is 320 g/mol. The minimum Gasteiger partial charge on any atom is -0.493 e. The monoisotopic (exact) mass is 342 g/mol. The summed E-state index contributed by atoms with van der Waals surface area (Å²) in [6.45, 7) is 2.22. The van der Waals surface area contributed by atoms with E-state index in [1.54, 1.807) is 6.07 Å². The number of methoxy groups -OCH3 is 1. The van der Waals surface area contributed by atoms with Crippen LogP contribution in [0.25, 0.3) is 0 Å². The van der Waals surface area contributed by atoms with Gasteiger partial charge in [0.05, 0.1) is 20.0 Å². The van der Waals surface area contributed by atoms with Crippen LogP contribution in [-0.4, -0.2) is 19.0 Å². The molecule has 0 radical (unpaired) electrons. The summed E-state index contributed by atoms with van der Waals surface area (Å²) in [5.74, 6) is -0.0879. The van der Waals surface area contributed by atoms with E-state index in [0.717, 1.165) is 17.5 Å². The zero-order valence-electron chi connectivity index (χ0n) is 14.5. The highest BCUT2D eigenvalue weighted by atomic mass is 16.6. The molecule has 0 bridgehead atoms. The number of hydrogen-bond acceptors (Lipinski definition) is 5. The maximum atomic E-state index is 11.9. The van der Waals surface area contributed by atoms with Crippen molar-refractivity contribution in [3.63, 3.8) is 0 Å². The van der Waals surface area contributed by atoms with E-state index >= 15 is 0 Å². The second kappa shape index (κ2) is 9.47. The number of carbonyl (C=O) groups excluding carboxylic acids is 2. The minimum atomic E-state index is -0.501. The van der Waals surface area contributed by atoms with Crippen LogP contribution in [0.5, 0.6) is 11.5 Å². The fourth-order valence-electron chi connectivity index (χ4n) is 2.20. The van der Waals surface area contributed by atoms with Gasteiger partial charge in [-0.25, -0.2) is 0 Å². The normalized spacial score (nSPS) is 10.2. The van der Waals surface area contributed by atoms with Gasteiger partial charge < -0.3 is 14.2 Å². The molecule has 2 aromatic rings. The standard InChI is InChI=1S/C20H22O5/c1-3-15-9-10-17(18(13-15)23-2)25-20(22)12-11-19(21)24-14-16-7-5-4-6-8-16/h4-10,13H,3,11-12,14H2,1-2H3. The van der Waals surface area contributed by atoms with Gasteiger partial charge in [0.15, 0.2) is 11.5 Å². The van der Waals surface area contributed by atoms with Gasteiger partial charge in [-0.3, -0.25) is 9.59 Å². The lowest BCUT2D eigenvalue weighted by Gasteiger charge is -2.10. The zero-order valence-corrected chi connectivity index (χ0v) is 14.5. The van der Waals surface area contributed by atoms with Gasteiger partial charge in [0.2, 0.25) is 0 Å². The highest BCUT2D eigenvalue weighted by Crippen LogP contribution is 2.28. The third kappa shape index (κ3) is 5.95. The predicted molar refractivity (Wildman–Crippen MR) is 93.5 cm³/mol. The van der Waals surface area contributed by atoms with Crippen molar-refractivity contribution in [2.75, 3.05) is 7.11 Å². The van der Waals surface area contributed by atoms with E-state index in [1.807, 2.05) is 49.4 Å². The molecule has 0 saturated carbocycles. The van der Waals surface area contributed by atoms with Gasteiger partial charge in [-0.15, -0.1) is 0 Å². The molecule has 0 unspecified atom stereocenters. The Morgan fingerprint density at radius 1 is 0.880 bits per heavy atom. The van der Waals surface area contributed by atoms with E-state index in [9.17, 15) is 9.59 Å². The predicted octanol–water partition coefficient (Wildman–Crippen LogP) is 3.69. The Morgan fingerprint density at radius 3 is 2.28 bits per heavy atom. The largest absolute Gasteiger partial charge is 0.493 e. The molecule has 5 heteroatoms. The fraction of sp³-hybridized carbons (Fsp3) is 0.300. The average Bonchev–Trinajstić information content (AvgIpc) is 2.65. The van der Waals surface area contributed by atoms with Crippen LogP contribution >= 0.6 is 0 Å². The van der Waals surface area contributed by atoms with Gasteiger partial charge in [-0.2, -0.15) is 0 Å². The second-order valence-corrected chi connectivity index (χ2v) is 5.46. The van der Waals surface area contributed by atoms with E-state index in [2.05, 4.69) is 0 Å². The van der Waals surface area contributed by atoms with Crippen LogP contribution in [0.1, 0.15) is 30.9 Å². The lowest BCUT2D eigenvalue weighted by molar-refractivity contribution is -0.148. The van der Waals surface area contributed by atoms with Crippen LogP contribution in [-0.2, 0) is 27.4 Å². The molecule has 0 atom stereocenters. The average molecular weight is 342 g/mol. The number of rotatable bonds is 8. The van der Waals surface area contributed by atoms with E-state index in [1.165, 1.54) is 7.11 Å². The summed E-state index contributed by atoms with van der Waals surface area (Å²) >= 11 is 0. The fourth-order valence-corrected chi connectivity index (χ4v) is 2.20. The van der Waals surface area contributed by atoms with Gasteiger partial charge in [-0.1, -0.05) is 43.3 Å². The maximum Gasteiger partial charge on any atom is 0.311 e. The number of esters is 2. The van der Waals surface area contributed by atoms with Crippen molar-refractivity contribution in [1.82, 2.24) is 0 Å². The summed E-state index contributed by atoms with van der Waals surface area (Å²) in [4.78, 5) is 23.7. The van der Waals surface area contributed by atoms with Crippen molar-refractivity contribution in [1.29, 1.82) is 0 Å². The first kappa shape index (κ1) is 18.5. The minimum absolute atomic E-state index is 0.0268. The molecule has 0 spiro atoms. The first-order chi connectivity index (χ1) is 12.1. The molecule has 132 valence electrons. The third-order valence-electron chi connectivity index (χ3n) is 3.64. The van der Waals surface area contributed by atoms with Gasteiger partial charge in [-0.05, 0) is 29.7 Å². The molecule has 0 amide bonds. The van der Waals surface area contributed by atoms with Crippen molar-refractivity contribution in [2.24, 2.45) is 0 Å². The van der Waals surface area contributed by atoms with Crippen LogP contribution in [0.3, 0.4) is 0 Å². The molecule has 25 heavy (non-hydrogen) atoms. The molecule has 0 N–H and O–H groups in total. The van der Waals surface area contributed by atoms with E-state index < -0.39 is 11.9 Å². The summed E-state index contributed by atoms with van der Waals surface area (Å²) in [5.41, 5.74) is 1.99. The van der Waals surface area contributed by atoms with Gasteiger partial charge in [0.1, 0.15) is 6.61 Å². The molecule has 5 nitrogen and oxygen atoms in total. The Hall–Kier alpha value is -2.82. The molecule has 0 aromatic heterocycles. The summed E-state index contributed by atoms with van der Waals surface area (Å²) in [5, 5.41) is 0. The van der Waals surface area contributed by atoms with Crippen molar-refractivity contribution in [3.8, 4) is 11.5 Å². The number of hydrogen-bond donors (Lipinski definition) is 0. The molecule has 0 aliphatic rings. The summed E-state index contributed by atoms with van der Waals surface area (Å²) < 4.78 is 15.6. The van der Waals surface area contributed by atoms with Crippen LogP contribution in [0.4, 0.5) is 0 Å². The van der Waals surface area contributed by atoms with Gasteiger partial charge in [0, 0.05) is 0 Å². The van der Waals surface area contributed by atoms with Crippen LogP contribution < -0.4 is 9.47 Å². The SMILES string of the molecule is CCc1ccc(OC(=O)CCC(=O)OCc2ccccc2)c(OC)c1. The van der Waals surface area contributed by atoms with Crippen molar-refractivity contribution < 1.29 is 23.8 Å². The molecule has 2 rings (SSSR count). The molecule has 0 fully saturated rings. The summed E-state index contributed by atoms with van der Waals surface area (Å²) in [6, 6.07) is 14.8. The maximum absolute atomic E-state index is 11.9. The van der Waals surface area contributed by atoms with E-state index in [4.69, 9.17) is 14.2 Å². The summed E-state index contributed by atoms with van der Waals surface area (Å²) in [7, 11) is 1.52. The number of benzene rings is 2. The van der Waals surface area contributed by atoms with Crippen molar-refractivity contribution >= 4 is 11.9 Å². The Kier molecular flexibility index (Phi) is 7.01. The lowest BCUT2D eigenvalue weighted by atomic mass is 10.1. The molecular formula is C20H22O5. The van der Waals surface area contributed by atoms with E-state index in [0.29, 0.717) is 11.5 Å². The highest BCUT2D eigenvalue weighted by Gasteiger charge is 2.13. The highest BCUT2D eigenvalue weighted by molar-refractivity contribution is 5.79. The topological polar surface area (TPSA) is 61.8 Å². The van der Waals surface area contributed by atoms with Crippen LogP contribution in [0, 0.1) is 0 Å². The second-order valence-electron chi connectivity index (χ2n) is 5.46. The lowest BCUT2D eigenvalue weighted by Crippen LogP contribution is -2.13. The quantitative estimate of drug-likeness (QED) is 0.541. The Balaban J connectivity index is 1.79. The third-order valence-corrected chi connectivity index (χ3v) is 3.64. The Bertz CT molecular complexity index is 709. The van der Waals surface area contributed by atoms with E-state index in [-0.39, 0.29) is 19.4 Å². The van der Waals surface area contributed by atoms with Gasteiger partial charge in [0.25, 0.3) is 0 Å². The first-order valence-electron chi connectivity index (χ1n) is 8.19. The Labute approximate surface area is 147 Å². The van der Waals surface area contributed by atoms with Gasteiger partial charge >= 0.3 is 11.9 Å². The Morgan fingerprint density at radius 2 is 1.60 bits per heavy atom. The molecule has 0 heterocycles. The van der Waals surface area contributed by atoms with Crippen molar-refractivity contribution in [2.45, 2.75) is 32.8 Å². The van der Waals surface area contributed by atoms with Crippen LogP contribution in [0.2, 0.25) is 0 Å². The number of ether oxygens (including phenoxy) is 3. The van der Waals surface area contributed by atoms with Crippen LogP contribution in [0.15, 0.2) is 48.5 Å². The van der Waals surface area contributed by atoms with Crippen molar-refractivity contribution in [3.05, 3.63) is 59.7 Å². The summed E-state index contributed by atoms with van der Waals surface area (Å²) in [6.07, 6.45) is 0.783. The zero-order chi connectivity index (χ0) is 18.1. The number of carbonyl (C=O) groups is 2.